The third-order valence-electron chi connectivity index (χ3n) is 4.07. The Morgan fingerprint density at radius 1 is 1.17 bits per heavy atom. The van der Waals surface area contributed by atoms with Gasteiger partial charge in [0.25, 0.3) is 0 Å². The van der Waals surface area contributed by atoms with Gasteiger partial charge in [0.1, 0.15) is 0 Å². The van der Waals surface area contributed by atoms with Gasteiger partial charge in [-0.3, -0.25) is 9.59 Å². The predicted molar refractivity (Wildman–Crippen MR) is 89.1 cm³/mol. The number of carbonyl (C=O) groups excluding carboxylic acids is 2. The molecule has 0 radical (unpaired) electrons. The summed E-state index contributed by atoms with van der Waals surface area (Å²) in [6, 6.07) is 9.70. The molecule has 6 heteroatoms. The Labute approximate surface area is 140 Å². The molecule has 0 unspecified atom stereocenters. The second-order valence-corrected chi connectivity index (χ2v) is 5.85. The lowest BCUT2D eigenvalue weighted by Gasteiger charge is -2.15. The SMILES string of the molecule is O=C(CCc1ncc(-c2ccccc2)o1)NCC(=O)N1CCCC1. The van der Waals surface area contributed by atoms with E-state index in [1.165, 1.54) is 0 Å². The minimum Gasteiger partial charge on any atom is -0.441 e. The van der Waals surface area contributed by atoms with E-state index in [0.717, 1.165) is 31.5 Å². The van der Waals surface area contributed by atoms with Crippen LogP contribution in [0, 0.1) is 0 Å². The minimum absolute atomic E-state index is 0.0108. The van der Waals surface area contributed by atoms with Gasteiger partial charge in [-0.1, -0.05) is 30.3 Å². The summed E-state index contributed by atoms with van der Waals surface area (Å²) in [6.45, 7) is 1.67. The maximum absolute atomic E-state index is 11.9. The Kier molecular flexibility index (Phi) is 5.25. The van der Waals surface area contributed by atoms with Crippen molar-refractivity contribution < 1.29 is 14.0 Å². The van der Waals surface area contributed by atoms with Gasteiger partial charge in [-0.05, 0) is 12.8 Å². The van der Waals surface area contributed by atoms with Crippen LogP contribution in [-0.2, 0) is 16.0 Å². The lowest BCUT2D eigenvalue weighted by Crippen LogP contribution is -2.38. The van der Waals surface area contributed by atoms with E-state index >= 15 is 0 Å². The van der Waals surface area contributed by atoms with Gasteiger partial charge in [0.05, 0.1) is 12.7 Å². The Hall–Kier alpha value is -2.63. The third kappa shape index (κ3) is 4.22. The first kappa shape index (κ1) is 16.2. The highest BCUT2D eigenvalue weighted by atomic mass is 16.4. The van der Waals surface area contributed by atoms with Gasteiger partial charge in [0.15, 0.2) is 11.7 Å². The largest absolute Gasteiger partial charge is 0.441 e. The van der Waals surface area contributed by atoms with Crippen LogP contribution in [0.1, 0.15) is 25.2 Å². The van der Waals surface area contributed by atoms with Crippen LogP contribution in [0.15, 0.2) is 40.9 Å². The topological polar surface area (TPSA) is 75.4 Å². The van der Waals surface area contributed by atoms with Crippen molar-refractivity contribution in [3.63, 3.8) is 0 Å². The number of carbonyl (C=O) groups is 2. The molecule has 0 spiro atoms. The molecule has 126 valence electrons. The van der Waals surface area contributed by atoms with Crippen LogP contribution in [0.2, 0.25) is 0 Å². The molecule has 1 saturated heterocycles. The van der Waals surface area contributed by atoms with Crippen LogP contribution in [0.4, 0.5) is 0 Å². The number of rotatable bonds is 6. The molecule has 3 rings (SSSR count). The summed E-state index contributed by atoms with van der Waals surface area (Å²) in [6.07, 6.45) is 4.43. The average molecular weight is 327 g/mol. The van der Waals surface area contributed by atoms with Crippen LogP contribution >= 0.6 is 0 Å². The standard InChI is InChI=1S/C18H21N3O3/c22-16(19-13-18(23)21-10-4-5-11-21)8-9-17-20-12-15(24-17)14-6-2-1-3-7-14/h1-3,6-7,12H,4-5,8-11,13H2,(H,19,22). The smallest absolute Gasteiger partial charge is 0.241 e. The molecular weight excluding hydrogens is 306 g/mol. The van der Waals surface area contributed by atoms with Gasteiger partial charge >= 0.3 is 0 Å². The summed E-state index contributed by atoms with van der Waals surface area (Å²) < 4.78 is 5.66. The van der Waals surface area contributed by atoms with Crippen molar-refractivity contribution in [2.24, 2.45) is 0 Å². The predicted octanol–water partition coefficient (Wildman–Crippen LogP) is 2.01. The fourth-order valence-corrected chi connectivity index (χ4v) is 2.72. The summed E-state index contributed by atoms with van der Waals surface area (Å²) in [5.74, 6) is 1.04. The van der Waals surface area contributed by atoms with E-state index in [4.69, 9.17) is 4.42 Å². The number of likely N-dealkylation sites (tertiary alicyclic amines) is 1. The first-order valence-corrected chi connectivity index (χ1v) is 8.27. The maximum atomic E-state index is 11.9. The van der Waals surface area contributed by atoms with Crippen LogP contribution in [0.5, 0.6) is 0 Å². The molecule has 24 heavy (non-hydrogen) atoms. The number of benzene rings is 1. The summed E-state index contributed by atoms with van der Waals surface area (Å²) in [5.41, 5.74) is 0.955. The monoisotopic (exact) mass is 327 g/mol. The zero-order valence-electron chi connectivity index (χ0n) is 13.5. The number of aryl methyl sites for hydroxylation is 1. The third-order valence-corrected chi connectivity index (χ3v) is 4.07. The van der Waals surface area contributed by atoms with Crippen molar-refractivity contribution in [3.8, 4) is 11.3 Å². The molecule has 0 atom stereocenters. The van der Waals surface area contributed by atoms with E-state index in [1.54, 1.807) is 11.1 Å². The summed E-state index contributed by atoms with van der Waals surface area (Å²) in [5, 5.41) is 2.67. The first-order chi connectivity index (χ1) is 11.7. The molecule has 1 aromatic heterocycles. The molecule has 0 aliphatic carbocycles. The first-order valence-electron chi connectivity index (χ1n) is 8.27. The van der Waals surface area contributed by atoms with Gasteiger partial charge in [-0.15, -0.1) is 0 Å². The molecule has 2 amide bonds. The molecule has 0 saturated carbocycles. The van der Waals surface area contributed by atoms with E-state index < -0.39 is 0 Å². The Bertz CT molecular complexity index is 691. The molecular formula is C18H21N3O3. The van der Waals surface area contributed by atoms with E-state index in [9.17, 15) is 9.59 Å². The summed E-state index contributed by atoms with van der Waals surface area (Å²) in [4.78, 5) is 29.7. The zero-order chi connectivity index (χ0) is 16.8. The van der Waals surface area contributed by atoms with Crippen molar-refractivity contribution in [1.82, 2.24) is 15.2 Å². The number of hydrogen-bond donors (Lipinski definition) is 1. The van der Waals surface area contributed by atoms with E-state index in [0.29, 0.717) is 18.1 Å². The van der Waals surface area contributed by atoms with Gasteiger partial charge in [-0.25, -0.2) is 4.98 Å². The van der Waals surface area contributed by atoms with Gasteiger partial charge in [0, 0.05) is 31.5 Å². The number of nitrogens with zero attached hydrogens (tertiary/aromatic N) is 2. The van der Waals surface area contributed by atoms with Crippen molar-refractivity contribution in [2.45, 2.75) is 25.7 Å². The molecule has 2 aromatic rings. The van der Waals surface area contributed by atoms with E-state index in [2.05, 4.69) is 10.3 Å². The van der Waals surface area contributed by atoms with Crippen LogP contribution < -0.4 is 5.32 Å². The number of amides is 2. The molecule has 1 aliphatic rings. The van der Waals surface area contributed by atoms with Crippen LogP contribution in [0.3, 0.4) is 0 Å². The van der Waals surface area contributed by atoms with Gasteiger partial charge in [0.2, 0.25) is 11.8 Å². The Balaban J connectivity index is 1.43. The lowest BCUT2D eigenvalue weighted by molar-refractivity contribution is -0.132. The number of aromatic nitrogens is 1. The zero-order valence-corrected chi connectivity index (χ0v) is 13.5. The lowest BCUT2D eigenvalue weighted by atomic mass is 10.2. The summed E-state index contributed by atoms with van der Waals surface area (Å²) in [7, 11) is 0. The average Bonchev–Trinajstić information content (AvgIpc) is 3.30. The maximum Gasteiger partial charge on any atom is 0.241 e. The quantitative estimate of drug-likeness (QED) is 0.880. The number of oxazole rings is 1. The van der Waals surface area contributed by atoms with Crippen molar-refractivity contribution in [1.29, 1.82) is 0 Å². The fraction of sp³-hybridized carbons (Fsp3) is 0.389. The van der Waals surface area contributed by atoms with Crippen LogP contribution in [-0.4, -0.2) is 41.3 Å². The Morgan fingerprint density at radius 2 is 1.92 bits per heavy atom. The molecule has 1 N–H and O–H groups in total. The number of hydrogen-bond acceptors (Lipinski definition) is 4. The second kappa shape index (κ2) is 7.77. The van der Waals surface area contributed by atoms with Gasteiger partial charge < -0.3 is 14.6 Å². The molecule has 0 bridgehead atoms. The molecule has 6 nitrogen and oxygen atoms in total. The fourth-order valence-electron chi connectivity index (χ4n) is 2.72. The Morgan fingerprint density at radius 3 is 2.67 bits per heavy atom. The molecule has 1 aliphatic heterocycles. The van der Waals surface area contributed by atoms with Gasteiger partial charge in [-0.2, -0.15) is 0 Å². The normalized spacial score (nSPS) is 13.9. The number of nitrogens with one attached hydrogen (secondary N) is 1. The highest BCUT2D eigenvalue weighted by Crippen LogP contribution is 2.20. The van der Waals surface area contributed by atoms with Crippen molar-refractivity contribution in [2.75, 3.05) is 19.6 Å². The summed E-state index contributed by atoms with van der Waals surface area (Å²) >= 11 is 0. The molecule has 1 fully saturated rings. The second-order valence-electron chi connectivity index (χ2n) is 5.85. The molecule has 2 heterocycles. The highest BCUT2D eigenvalue weighted by Gasteiger charge is 2.18. The molecule has 1 aromatic carbocycles. The van der Waals surface area contributed by atoms with E-state index in [-0.39, 0.29) is 24.8 Å². The van der Waals surface area contributed by atoms with Crippen LogP contribution in [0.25, 0.3) is 11.3 Å². The highest BCUT2D eigenvalue weighted by molar-refractivity contribution is 5.84. The van der Waals surface area contributed by atoms with E-state index in [1.807, 2.05) is 30.3 Å². The van der Waals surface area contributed by atoms with Crippen molar-refractivity contribution in [3.05, 3.63) is 42.4 Å². The van der Waals surface area contributed by atoms with Crippen molar-refractivity contribution >= 4 is 11.8 Å². The minimum atomic E-state index is -0.165.